The summed E-state index contributed by atoms with van der Waals surface area (Å²) in [5, 5.41) is 0.672. The first kappa shape index (κ1) is 14.5. The monoisotopic (exact) mass is 319 g/mol. The summed E-state index contributed by atoms with van der Waals surface area (Å²) in [6.07, 6.45) is 1.33. The third kappa shape index (κ3) is 2.36. The van der Waals surface area contributed by atoms with Gasteiger partial charge in [0.2, 0.25) is 5.91 Å². The number of nitrogens with zero attached hydrogens (tertiary/aromatic N) is 3. The van der Waals surface area contributed by atoms with Gasteiger partial charge in [-0.3, -0.25) is 9.35 Å². The van der Waals surface area contributed by atoms with Gasteiger partial charge in [0, 0.05) is 25.6 Å². The summed E-state index contributed by atoms with van der Waals surface area (Å²) in [4.78, 5) is 27.7. The van der Waals surface area contributed by atoms with Gasteiger partial charge in [0.15, 0.2) is 0 Å². The topological polar surface area (TPSA) is 107 Å². The Morgan fingerprint density at radius 1 is 1.33 bits per heavy atom. The van der Waals surface area contributed by atoms with E-state index in [0.29, 0.717) is 24.6 Å². The number of amides is 3. The van der Waals surface area contributed by atoms with Gasteiger partial charge >= 0.3 is 16.4 Å². The van der Waals surface area contributed by atoms with Gasteiger partial charge in [0.25, 0.3) is 0 Å². The average Bonchev–Trinajstić information content (AvgIpc) is 2.81. The minimum absolute atomic E-state index is 0.0262. The zero-order chi connectivity index (χ0) is 15.4. The quantitative estimate of drug-likeness (QED) is 0.698. The fraction of sp³-hybridized carbons (Fsp3) is 0.818. The smallest absolute Gasteiger partial charge is 0.341 e. The minimum Gasteiger partial charge on any atom is -0.341 e. The predicted octanol–water partition coefficient (Wildman–Crippen LogP) is -0.532. The van der Waals surface area contributed by atoms with E-state index in [2.05, 4.69) is 4.28 Å². The van der Waals surface area contributed by atoms with Crippen LogP contribution in [-0.4, -0.2) is 71.5 Å². The van der Waals surface area contributed by atoms with E-state index in [1.807, 2.05) is 6.92 Å². The summed E-state index contributed by atoms with van der Waals surface area (Å²) in [7, 11) is -4.75. The lowest BCUT2D eigenvalue weighted by Crippen LogP contribution is -2.48. The van der Waals surface area contributed by atoms with Crippen LogP contribution in [0.25, 0.3) is 0 Å². The molecule has 2 bridgehead atoms. The van der Waals surface area contributed by atoms with Crippen molar-refractivity contribution in [1.82, 2.24) is 14.9 Å². The molecule has 0 saturated carbocycles. The summed E-state index contributed by atoms with van der Waals surface area (Å²) in [5.74, 6) is -0.121. The molecule has 3 aliphatic heterocycles. The highest BCUT2D eigenvalue weighted by Gasteiger charge is 2.57. The number of piperidine rings is 1. The van der Waals surface area contributed by atoms with Crippen LogP contribution in [0.15, 0.2) is 0 Å². The lowest BCUT2D eigenvalue weighted by atomic mass is 9.91. The third-order valence-electron chi connectivity index (χ3n) is 4.22. The molecule has 0 spiro atoms. The second-order valence-electron chi connectivity index (χ2n) is 5.64. The van der Waals surface area contributed by atoms with Crippen LogP contribution in [0, 0.1) is 5.92 Å². The molecule has 118 valence electrons. The highest BCUT2D eigenvalue weighted by Crippen LogP contribution is 2.38. The summed E-state index contributed by atoms with van der Waals surface area (Å²) in [6.45, 7) is 3.44. The first-order valence-corrected chi connectivity index (χ1v) is 8.24. The molecule has 0 aliphatic carbocycles. The normalized spacial score (nSPS) is 32.1. The second kappa shape index (κ2) is 4.82. The number of carbonyl (C=O) groups excluding carboxylic acids is 2. The van der Waals surface area contributed by atoms with Gasteiger partial charge in [-0.2, -0.15) is 13.5 Å². The van der Waals surface area contributed by atoms with E-state index < -0.39 is 28.5 Å². The van der Waals surface area contributed by atoms with Gasteiger partial charge in [0.1, 0.15) is 6.04 Å². The summed E-state index contributed by atoms with van der Waals surface area (Å²) < 4.78 is 34.7. The van der Waals surface area contributed by atoms with Gasteiger partial charge in [-0.25, -0.2) is 4.79 Å². The first-order chi connectivity index (χ1) is 9.81. The minimum atomic E-state index is -4.75. The van der Waals surface area contributed by atoms with E-state index in [0.717, 1.165) is 6.42 Å². The van der Waals surface area contributed by atoms with Crippen LogP contribution in [0.1, 0.15) is 19.8 Å². The predicted molar refractivity (Wildman–Crippen MR) is 69.1 cm³/mol. The van der Waals surface area contributed by atoms with Gasteiger partial charge in [-0.05, 0) is 12.8 Å². The van der Waals surface area contributed by atoms with Gasteiger partial charge < -0.3 is 9.80 Å². The second-order valence-corrected chi connectivity index (χ2v) is 6.65. The summed E-state index contributed by atoms with van der Waals surface area (Å²) >= 11 is 0. The largest absolute Gasteiger partial charge is 0.418 e. The molecule has 3 fully saturated rings. The van der Waals surface area contributed by atoms with E-state index in [-0.39, 0.29) is 18.4 Å². The lowest BCUT2D eigenvalue weighted by Gasteiger charge is -2.30. The molecule has 3 aliphatic rings. The fourth-order valence-corrected chi connectivity index (χ4v) is 3.92. The zero-order valence-corrected chi connectivity index (χ0v) is 12.3. The first-order valence-electron chi connectivity index (χ1n) is 6.87. The molecular formula is C11H17N3O6S. The van der Waals surface area contributed by atoms with E-state index in [9.17, 15) is 18.0 Å². The SMILES string of the molecule is CCCN1C[C@@H]2C[C@@H]3CN(C(=O)N3OS(=O)(=O)O)[C@@H]2C1=O. The van der Waals surface area contributed by atoms with Crippen LogP contribution in [0.5, 0.6) is 0 Å². The maximum atomic E-state index is 12.4. The lowest BCUT2D eigenvalue weighted by molar-refractivity contribution is -0.131. The van der Waals surface area contributed by atoms with Crippen LogP contribution in [-0.2, 0) is 19.5 Å². The molecule has 0 aromatic rings. The van der Waals surface area contributed by atoms with Crippen LogP contribution >= 0.6 is 0 Å². The highest BCUT2D eigenvalue weighted by atomic mass is 32.3. The molecule has 9 nitrogen and oxygen atoms in total. The van der Waals surface area contributed by atoms with Crippen molar-refractivity contribution in [3.8, 4) is 0 Å². The van der Waals surface area contributed by atoms with Crippen molar-refractivity contribution >= 4 is 22.3 Å². The van der Waals surface area contributed by atoms with E-state index in [1.54, 1.807) is 4.90 Å². The number of likely N-dealkylation sites (tertiary alicyclic amines) is 1. The molecular weight excluding hydrogens is 302 g/mol. The zero-order valence-electron chi connectivity index (χ0n) is 11.5. The Morgan fingerprint density at radius 2 is 2.05 bits per heavy atom. The van der Waals surface area contributed by atoms with Crippen LogP contribution in [0.2, 0.25) is 0 Å². The Kier molecular flexibility index (Phi) is 3.34. The number of hydrogen-bond acceptors (Lipinski definition) is 5. The molecule has 3 rings (SSSR count). The number of carbonyl (C=O) groups is 2. The fourth-order valence-electron chi connectivity index (χ4n) is 3.53. The van der Waals surface area contributed by atoms with Crippen molar-refractivity contribution in [1.29, 1.82) is 0 Å². The molecule has 0 aromatic heterocycles. The molecule has 3 saturated heterocycles. The number of hydrogen-bond donors (Lipinski definition) is 1. The van der Waals surface area contributed by atoms with Gasteiger partial charge in [-0.15, -0.1) is 4.28 Å². The average molecular weight is 319 g/mol. The van der Waals surface area contributed by atoms with E-state index >= 15 is 0 Å². The van der Waals surface area contributed by atoms with Crippen molar-refractivity contribution in [3.63, 3.8) is 0 Å². The Morgan fingerprint density at radius 3 is 2.67 bits per heavy atom. The van der Waals surface area contributed by atoms with Gasteiger partial charge in [-0.1, -0.05) is 6.92 Å². The Bertz CT molecular complexity index is 579. The molecule has 10 heteroatoms. The van der Waals surface area contributed by atoms with E-state index in [4.69, 9.17) is 4.55 Å². The highest BCUT2D eigenvalue weighted by molar-refractivity contribution is 7.80. The standard InChI is InChI=1S/C11H17N3O6S/c1-2-3-12-5-7-4-8-6-13(9(7)10(12)15)11(16)14(8)20-21(17,18)19/h7-9H,2-6H2,1H3,(H,17,18,19)/t7-,8+,9-/m0/s1. The van der Waals surface area contributed by atoms with Crippen molar-refractivity contribution < 1.29 is 26.8 Å². The van der Waals surface area contributed by atoms with Crippen molar-refractivity contribution in [3.05, 3.63) is 0 Å². The molecule has 21 heavy (non-hydrogen) atoms. The Hall–Kier alpha value is -1.39. The Balaban J connectivity index is 1.81. The molecule has 0 radical (unpaired) electrons. The van der Waals surface area contributed by atoms with Crippen molar-refractivity contribution in [2.75, 3.05) is 19.6 Å². The molecule has 3 atom stereocenters. The van der Waals surface area contributed by atoms with Crippen LogP contribution in [0.3, 0.4) is 0 Å². The number of rotatable bonds is 4. The summed E-state index contributed by atoms with van der Waals surface area (Å²) in [5.41, 5.74) is 0. The number of urea groups is 1. The molecule has 3 heterocycles. The van der Waals surface area contributed by atoms with Crippen LogP contribution in [0.4, 0.5) is 4.79 Å². The van der Waals surface area contributed by atoms with Crippen molar-refractivity contribution in [2.45, 2.75) is 31.8 Å². The Labute approximate surface area is 122 Å². The summed E-state index contributed by atoms with van der Waals surface area (Å²) in [6, 6.07) is -1.69. The van der Waals surface area contributed by atoms with Gasteiger partial charge in [0.05, 0.1) is 6.04 Å². The third-order valence-corrected chi connectivity index (χ3v) is 4.57. The van der Waals surface area contributed by atoms with Crippen molar-refractivity contribution in [2.24, 2.45) is 5.92 Å². The molecule has 0 aromatic carbocycles. The maximum absolute atomic E-state index is 12.4. The maximum Gasteiger partial charge on any atom is 0.418 e. The number of fused-ring (bicyclic) bond motifs is 4. The van der Waals surface area contributed by atoms with E-state index in [1.165, 1.54) is 4.90 Å². The molecule has 3 amide bonds. The molecule has 1 N–H and O–H groups in total. The molecule has 0 unspecified atom stereocenters. The number of hydroxylamine groups is 2. The van der Waals surface area contributed by atoms with Crippen LogP contribution < -0.4 is 0 Å².